The smallest absolute Gasteiger partial charge is 0.276 e. The van der Waals surface area contributed by atoms with Gasteiger partial charge in [-0.05, 0) is 31.5 Å². The monoisotopic (exact) mass is 448 g/mol. The summed E-state index contributed by atoms with van der Waals surface area (Å²) >= 11 is 0. The van der Waals surface area contributed by atoms with Crippen LogP contribution >= 0.6 is 0 Å². The van der Waals surface area contributed by atoms with Crippen molar-refractivity contribution in [2.24, 2.45) is 7.05 Å². The van der Waals surface area contributed by atoms with E-state index in [1.165, 1.54) is 36.9 Å². The predicted molar refractivity (Wildman–Crippen MR) is 110 cm³/mol. The van der Waals surface area contributed by atoms with Crippen LogP contribution in [0.4, 0.5) is 10.1 Å². The largest absolute Gasteiger partial charge is 0.488 e. The molecule has 11 heteroatoms. The van der Waals surface area contributed by atoms with E-state index in [-0.39, 0.29) is 40.6 Å². The summed E-state index contributed by atoms with van der Waals surface area (Å²) in [6.07, 6.45) is 2.80. The molecule has 3 N–H and O–H groups in total. The molecular weight excluding hydrogens is 427 g/mol. The topological polar surface area (TPSA) is 133 Å². The van der Waals surface area contributed by atoms with Gasteiger partial charge in [0.05, 0.1) is 17.2 Å². The first-order valence-electron chi connectivity index (χ1n) is 9.19. The summed E-state index contributed by atoms with van der Waals surface area (Å²) < 4.78 is 48.6. The molecule has 31 heavy (non-hydrogen) atoms. The quantitative estimate of drug-likeness (QED) is 0.596. The van der Waals surface area contributed by atoms with E-state index in [1.807, 2.05) is 0 Å². The summed E-state index contributed by atoms with van der Waals surface area (Å²) in [6, 6.07) is 4.17. The molecule has 164 valence electrons. The maximum atomic E-state index is 13.5. The minimum Gasteiger partial charge on any atom is -0.488 e. The molecule has 0 spiro atoms. The van der Waals surface area contributed by atoms with Crippen LogP contribution in [0.25, 0.3) is 0 Å². The number of hydrogen-bond donors (Lipinski definition) is 3. The Balaban J connectivity index is 1.97. The fourth-order valence-corrected chi connectivity index (χ4v) is 4.76. The molecule has 0 fully saturated rings. The van der Waals surface area contributed by atoms with Crippen LogP contribution in [0.2, 0.25) is 0 Å². The van der Waals surface area contributed by atoms with E-state index in [4.69, 9.17) is 10.00 Å². The lowest BCUT2D eigenvalue weighted by atomic mass is 9.94. The molecule has 1 aromatic heterocycles. The highest BCUT2D eigenvalue weighted by Gasteiger charge is 2.41. The molecular formula is C20H21FN4O5S. The Morgan fingerprint density at radius 2 is 2.29 bits per heavy atom. The van der Waals surface area contributed by atoms with Crippen molar-refractivity contribution in [1.29, 1.82) is 5.26 Å². The number of aromatic nitrogens is 1. The minimum atomic E-state index is -4.12. The van der Waals surface area contributed by atoms with Crippen LogP contribution < -0.4 is 14.8 Å². The van der Waals surface area contributed by atoms with E-state index in [0.717, 1.165) is 12.1 Å². The average Bonchev–Trinajstić information content (AvgIpc) is 2.97. The minimum absolute atomic E-state index is 0.0905. The van der Waals surface area contributed by atoms with Crippen molar-refractivity contribution in [1.82, 2.24) is 9.29 Å². The summed E-state index contributed by atoms with van der Waals surface area (Å²) in [6.45, 7) is 4.78. The number of aliphatic hydroxyl groups is 1. The molecule has 1 amide bonds. The fourth-order valence-electron chi connectivity index (χ4n) is 3.24. The number of hydrogen-bond acceptors (Lipinski definition) is 6. The maximum absolute atomic E-state index is 13.5. The molecule has 1 aliphatic heterocycles. The summed E-state index contributed by atoms with van der Waals surface area (Å²) in [4.78, 5) is 12.6. The van der Waals surface area contributed by atoms with Gasteiger partial charge in [0.1, 0.15) is 23.4 Å². The standard InChI is InChI=1S/C20H21FN4O5S/c1-4-7-20(2,27)16-11-30-18-15(31(28,29)24-16)10-25(3)17(18)19(26)23-13-5-6-14(21)12(8-13)9-22/h4-6,8,10,16,24,27H,1,7,11H2,2-3H3,(H,23,26)/t16-,20+/m1/s1. The van der Waals surface area contributed by atoms with Gasteiger partial charge in [-0.1, -0.05) is 6.08 Å². The van der Waals surface area contributed by atoms with Gasteiger partial charge >= 0.3 is 0 Å². The van der Waals surface area contributed by atoms with Gasteiger partial charge in [0, 0.05) is 18.9 Å². The van der Waals surface area contributed by atoms with Crippen LogP contribution in [0.1, 0.15) is 29.4 Å². The highest BCUT2D eigenvalue weighted by molar-refractivity contribution is 7.89. The van der Waals surface area contributed by atoms with E-state index < -0.39 is 33.4 Å². The lowest BCUT2D eigenvalue weighted by Crippen LogP contribution is -2.52. The molecule has 0 bridgehead atoms. The zero-order valence-corrected chi connectivity index (χ0v) is 17.7. The van der Waals surface area contributed by atoms with Crippen molar-refractivity contribution in [2.75, 3.05) is 11.9 Å². The van der Waals surface area contributed by atoms with Gasteiger partial charge < -0.3 is 19.7 Å². The number of carbonyl (C=O) groups excluding carboxylic acids is 1. The van der Waals surface area contributed by atoms with Gasteiger partial charge in [-0.2, -0.15) is 5.26 Å². The lowest BCUT2D eigenvalue weighted by molar-refractivity contribution is 0.0143. The molecule has 3 rings (SSSR count). The summed E-state index contributed by atoms with van der Waals surface area (Å²) in [5.74, 6) is -1.62. The molecule has 2 heterocycles. The van der Waals surface area contributed by atoms with Gasteiger partial charge in [0.25, 0.3) is 5.91 Å². The number of rotatable bonds is 5. The molecule has 0 saturated heterocycles. The molecule has 1 aliphatic rings. The third-order valence-corrected chi connectivity index (χ3v) is 6.42. The second-order valence-electron chi connectivity index (χ2n) is 7.38. The number of nitrogens with one attached hydrogen (secondary N) is 2. The number of benzene rings is 1. The molecule has 9 nitrogen and oxygen atoms in total. The number of carbonyl (C=O) groups is 1. The van der Waals surface area contributed by atoms with E-state index in [1.54, 1.807) is 6.07 Å². The number of halogens is 1. The number of anilines is 1. The third kappa shape index (κ3) is 4.32. The number of ether oxygens (including phenoxy) is 1. The van der Waals surface area contributed by atoms with Crippen LogP contribution in [0.3, 0.4) is 0 Å². The summed E-state index contributed by atoms with van der Waals surface area (Å²) in [7, 11) is -2.64. The molecule has 0 saturated carbocycles. The number of aryl methyl sites for hydroxylation is 1. The highest BCUT2D eigenvalue weighted by Crippen LogP contribution is 2.34. The fraction of sp³-hybridized carbons (Fsp3) is 0.300. The van der Waals surface area contributed by atoms with Crippen molar-refractivity contribution in [3.63, 3.8) is 0 Å². The Morgan fingerprint density at radius 1 is 1.58 bits per heavy atom. The number of fused-ring (bicyclic) bond motifs is 1. The first kappa shape index (κ1) is 22.5. The van der Waals surface area contributed by atoms with E-state index >= 15 is 0 Å². The zero-order chi connectivity index (χ0) is 23.0. The zero-order valence-electron chi connectivity index (χ0n) is 16.8. The van der Waals surface area contributed by atoms with E-state index in [0.29, 0.717) is 0 Å². The lowest BCUT2D eigenvalue weighted by Gasteiger charge is -2.30. The maximum Gasteiger partial charge on any atom is 0.276 e. The van der Waals surface area contributed by atoms with Crippen molar-refractivity contribution in [3.8, 4) is 11.8 Å². The van der Waals surface area contributed by atoms with Gasteiger partial charge in [-0.25, -0.2) is 17.5 Å². The Morgan fingerprint density at radius 3 is 2.94 bits per heavy atom. The summed E-state index contributed by atoms with van der Waals surface area (Å²) in [5.41, 5.74) is -1.66. The average molecular weight is 448 g/mol. The van der Waals surface area contributed by atoms with Crippen LogP contribution in [-0.4, -0.2) is 42.2 Å². The highest BCUT2D eigenvalue weighted by atomic mass is 32.2. The number of nitrogens with zero attached hydrogens (tertiary/aromatic N) is 2. The normalized spacial score (nSPS) is 19.1. The SMILES string of the molecule is C=CC[C@](C)(O)[C@H]1COc2c(cn(C)c2C(=O)Nc2ccc(F)c(C#N)c2)S(=O)(=O)N1. The van der Waals surface area contributed by atoms with Crippen molar-refractivity contribution >= 4 is 21.6 Å². The first-order chi connectivity index (χ1) is 14.5. The van der Waals surface area contributed by atoms with Crippen molar-refractivity contribution < 1.29 is 27.4 Å². The number of amides is 1. The van der Waals surface area contributed by atoms with E-state index in [9.17, 15) is 22.7 Å². The second-order valence-corrected chi connectivity index (χ2v) is 9.06. The Bertz CT molecular complexity index is 1200. The van der Waals surface area contributed by atoms with Crippen LogP contribution in [0, 0.1) is 17.1 Å². The molecule has 0 radical (unpaired) electrons. The molecule has 2 aromatic rings. The summed E-state index contributed by atoms with van der Waals surface area (Å²) in [5, 5.41) is 22.1. The Kier molecular flexibility index (Phi) is 5.91. The second kappa shape index (κ2) is 8.14. The Labute approximate surface area is 178 Å². The van der Waals surface area contributed by atoms with Crippen LogP contribution in [0.15, 0.2) is 41.9 Å². The molecule has 2 atom stereocenters. The number of sulfonamides is 1. The number of nitriles is 1. The molecule has 0 aliphatic carbocycles. The van der Waals surface area contributed by atoms with E-state index in [2.05, 4.69) is 16.6 Å². The first-order valence-corrected chi connectivity index (χ1v) is 10.7. The predicted octanol–water partition coefficient (Wildman–Crippen LogP) is 1.65. The van der Waals surface area contributed by atoms with Crippen LogP contribution in [0.5, 0.6) is 5.75 Å². The van der Waals surface area contributed by atoms with Crippen LogP contribution in [-0.2, 0) is 17.1 Å². The van der Waals surface area contributed by atoms with Gasteiger partial charge in [-0.3, -0.25) is 4.79 Å². The van der Waals surface area contributed by atoms with Gasteiger partial charge in [0.2, 0.25) is 10.0 Å². The van der Waals surface area contributed by atoms with Crippen molar-refractivity contribution in [3.05, 3.63) is 54.1 Å². The van der Waals surface area contributed by atoms with Gasteiger partial charge in [0.15, 0.2) is 11.4 Å². The van der Waals surface area contributed by atoms with Crippen molar-refractivity contribution in [2.45, 2.75) is 29.9 Å². The Hall–Kier alpha value is -3.20. The van der Waals surface area contributed by atoms with Gasteiger partial charge in [-0.15, -0.1) is 6.58 Å². The molecule has 0 unspecified atom stereocenters. The molecule has 1 aromatic carbocycles. The third-order valence-electron chi connectivity index (χ3n) is 4.95.